The average Bonchev–Trinajstić information content (AvgIpc) is 2.17. The van der Waals surface area contributed by atoms with Crippen molar-refractivity contribution in [1.29, 1.82) is 0 Å². The molecule has 0 amide bonds. The fourth-order valence-corrected chi connectivity index (χ4v) is 0.967. The molecule has 1 rings (SSSR count). The minimum absolute atomic E-state index is 0.0810. The molecule has 0 aromatic heterocycles. The fraction of sp³-hybridized carbons (Fsp3) is 0.300. The smallest absolute Gasteiger partial charge is 0.191 e. The number of methoxy groups -OCH3 is 1. The van der Waals surface area contributed by atoms with Crippen LogP contribution in [0.5, 0.6) is 5.75 Å². The highest BCUT2D eigenvalue weighted by atomic mass is 16.5. The molecule has 0 spiro atoms. The molecule has 0 saturated carbocycles. The summed E-state index contributed by atoms with van der Waals surface area (Å²) in [5.41, 5.74) is 0.548. The number of aromatic hydroxyl groups is 1. The molecule has 0 aliphatic carbocycles. The summed E-state index contributed by atoms with van der Waals surface area (Å²) in [5.74, 6) is 0.0733. The van der Waals surface area contributed by atoms with E-state index < -0.39 is 6.10 Å². The Morgan fingerprint density at radius 1 is 1.38 bits per heavy atom. The lowest BCUT2D eigenvalue weighted by atomic mass is 10.1. The number of benzene rings is 1. The largest absolute Gasteiger partial charge is 0.508 e. The van der Waals surface area contributed by atoms with Crippen molar-refractivity contribution in [3.05, 3.63) is 29.8 Å². The van der Waals surface area contributed by atoms with Gasteiger partial charge < -0.3 is 9.84 Å². The molecule has 3 heteroatoms. The molecule has 1 N–H and O–H groups in total. The molecular formula is C10H12O3. The number of ether oxygens (including phenoxy) is 1. The van der Waals surface area contributed by atoms with Crippen LogP contribution in [0.15, 0.2) is 24.3 Å². The number of carbonyl (C=O) groups excluding carboxylic acids is 1. The van der Waals surface area contributed by atoms with Crippen LogP contribution in [0.4, 0.5) is 0 Å². The highest BCUT2D eigenvalue weighted by Crippen LogP contribution is 2.11. The maximum Gasteiger partial charge on any atom is 0.191 e. The van der Waals surface area contributed by atoms with E-state index in [2.05, 4.69) is 0 Å². The second-order valence-electron chi connectivity index (χ2n) is 2.79. The van der Waals surface area contributed by atoms with Crippen LogP contribution in [0.1, 0.15) is 17.3 Å². The Bertz CT molecular complexity index is 290. The van der Waals surface area contributed by atoms with Crippen LogP contribution in [0.25, 0.3) is 0 Å². The molecule has 3 nitrogen and oxygen atoms in total. The van der Waals surface area contributed by atoms with Gasteiger partial charge in [0.05, 0.1) is 0 Å². The molecule has 1 aromatic rings. The van der Waals surface area contributed by atoms with Crippen LogP contribution in [0.2, 0.25) is 0 Å². The molecule has 0 aliphatic rings. The Balaban J connectivity index is 2.83. The fourth-order valence-electron chi connectivity index (χ4n) is 0.967. The summed E-state index contributed by atoms with van der Waals surface area (Å²) in [6.45, 7) is 1.69. The van der Waals surface area contributed by atoms with Crippen LogP contribution in [-0.2, 0) is 4.74 Å². The Kier molecular flexibility index (Phi) is 3.03. The van der Waals surface area contributed by atoms with Gasteiger partial charge in [0.1, 0.15) is 11.9 Å². The summed E-state index contributed by atoms with van der Waals surface area (Å²) >= 11 is 0. The standard InChI is InChI=1S/C10H12O3/c1-7(13-2)10(12)8-3-5-9(11)6-4-8/h3-7,11H,1-2H3. The molecule has 1 atom stereocenters. The summed E-state index contributed by atoms with van der Waals surface area (Å²) in [5, 5.41) is 8.99. The number of carbonyl (C=O) groups is 1. The van der Waals surface area contributed by atoms with Crippen molar-refractivity contribution in [2.45, 2.75) is 13.0 Å². The second kappa shape index (κ2) is 4.05. The van der Waals surface area contributed by atoms with Gasteiger partial charge in [-0.2, -0.15) is 0 Å². The van der Waals surface area contributed by atoms with Gasteiger partial charge in [-0.25, -0.2) is 0 Å². The Morgan fingerprint density at radius 2 is 1.92 bits per heavy atom. The first-order chi connectivity index (χ1) is 6.15. The van der Waals surface area contributed by atoms with Gasteiger partial charge in [0.25, 0.3) is 0 Å². The van der Waals surface area contributed by atoms with Gasteiger partial charge in [0, 0.05) is 12.7 Å². The van der Waals surface area contributed by atoms with E-state index in [-0.39, 0.29) is 11.5 Å². The average molecular weight is 180 g/mol. The van der Waals surface area contributed by atoms with Crippen molar-refractivity contribution in [3.63, 3.8) is 0 Å². The predicted molar refractivity (Wildman–Crippen MR) is 48.9 cm³/mol. The number of hydrogen-bond donors (Lipinski definition) is 1. The third-order valence-electron chi connectivity index (χ3n) is 1.87. The highest BCUT2D eigenvalue weighted by Gasteiger charge is 2.13. The molecule has 13 heavy (non-hydrogen) atoms. The van der Waals surface area contributed by atoms with E-state index in [1.54, 1.807) is 19.1 Å². The molecule has 0 saturated heterocycles. The number of Topliss-reactive ketones (excluding diaryl/α,β-unsaturated/α-hetero) is 1. The first-order valence-electron chi connectivity index (χ1n) is 4.01. The number of phenolic OH excluding ortho intramolecular Hbond substituents is 1. The first kappa shape index (κ1) is 9.74. The third kappa shape index (κ3) is 2.29. The summed E-state index contributed by atoms with van der Waals surface area (Å²) in [7, 11) is 1.49. The minimum atomic E-state index is -0.440. The van der Waals surface area contributed by atoms with Gasteiger partial charge in [-0.05, 0) is 31.2 Å². The van der Waals surface area contributed by atoms with Gasteiger partial charge in [-0.3, -0.25) is 4.79 Å². The van der Waals surface area contributed by atoms with E-state index in [1.165, 1.54) is 19.2 Å². The predicted octanol–water partition coefficient (Wildman–Crippen LogP) is 1.61. The van der Waals surface area contributed by atoms with Gasteiger partial charge in [-0.15, -0.1) is 0 Å². The number of ketones is 1. The first-order valence-corrected chi connectivity index (χ1v) is 4.01. The monoisotopic (exact) mass is 180 g/mol. The maximum atomic E-state index is 11.5. The van der Waals surface area contributed by atoms with E-state index in [9.17, 15) is 4.79 Å². The quantitative estimate of drug-likeness (QED) is 0.719. The van der Waals surface area contributed by atoms with Crippen molar-refractivity contribution >= 4 is 5.78 Å². The third-order valence-corrected chi connectivity index (χ3v) is 1.87. The van der Waals surface area contributed by atoms with Gasteiger partial charge in [-0.1, -0.05) is 0 Å². The topological polar surface area (TPSA) is 46.5 Å². The van der Waals surface area contributed by atoms with Crippen molar-refractivity contribution in [1.82, 2.24) is 0 Å². The number of rotatable bonds is 3. The number of phenols is 1. The summed E-state index contributed by atoms with van der Waals surface area (Å²) in [6, 6.07) is 6.12. The van der Waals surface area contributed by atoms with Gasteiger partial charge >= 0.3 is 0 Å². The van der Waals surface area contributed by atoms with E-state index in [0.717, 1.165) is 0 Å². The zero-order valence-electron chi connectivity index (χ0n) is 7.65. The van der Waals surface area contributed by atoms with Gasteiger partial charge in [0.2, 0.25) is 0 Å². The van der Waals surface area contributed by atoms with Crippen LogP contribution >= 0.6 is 0 Å². The van der Waals surface area contributed by atoms with Crippen molar-refractivity contribution in [2.75, 3.05) is 7.11 Å². The highest BCUT2D eigenvalue weighted by molar-refractivity contribution is 5.99. The maximum absolute atomic E-state index is 11.5. The Hall–Kier alpha value is -1.35. The minimum Gasteiger partial charge on any atom is -0.508 e. The molecule has 0 radical (unpaired) electrons. The lowest BCUT2D eigenvalue weighted by Crippen LogP contribution is -2.18. The molecule has 70 valence electrons. The molecule has 0 fully saturated rings. The van der Waals surface area contributed by atoms with Gasteiger partial charge in [0.15, 0.2) is 5.78 Å². The van der Waals surface area contributed by atoms with E-state index in [4.69, 9.17) is 9.84 Å². The molecular weight excluding hydrogens is 168 g/mol. The van der Waals surface area contributed by atoms with Crippen LogP contribution in [0, 0.1) is 0 Å². The lowest BCUT2D eigenvalue weighted by Gasteiger charge is -2.07. The summed E-state index contributed by atoms with van der Waals surface area (Å²) in [4.78, 5) is 11.5. The summed E-state index contributed by atoms with van der Waals surface area (Å²) < 4.78 is 4.88. The van der Waals surface area contributed by atoms with Crippen LogP contribution in [-0.4, -0.2) is 24.1 Å². The summed E-state index contributed by atoms with van der Waals surface area (Å²) in [6.07, 6.45) is -0.440. The molecule has 0 heterocycles. The molecule has 0 aliphatic heterocycles. The van der Waals surface area contributed by atoms with E-state index in [0.29, 0.717) is 5.56 Å². The zero-order valence-corrected chi connectivity index (χ0v) is 7.65. The molecule has 0 bridgehead atoms. The van der Waals surface area contributed by atoms with E-state index >= 15 is 0 Å². The molecule has 1 unspecified atom stereocenters. The SMILES string of the molecule is COC(C)C(=O)c1ccc(O)cc1. The van der Waals surface area contributed by atoms with Crippen molar-refractivity contribution < 1.29 is 14.6 Å². The lowest BCUT2D eigenvalue weighted by molar-refractivity contribution is 0.0655. The van der Waals surface area contributed by atoms with Crippen molar-refractivity contribution in [3.8, 4) is 5.75 Å². The Morgan fingerprint density at radius 3 is 2.38 bits per heavy atom. The normalized spacial score (nSPS) is 12.5. The number of hydrogen-bond acceptors (Lipinski definition) is 3. The van der Waals surface area contributed by atoms with Crippen molar-refractivity contribution in [2.24, 2.45) is 0 Å². The second-order valence-corrected chi connectivity index (χ2v) is 2.79. The Labute approximate surface area is 77.0 Å². The van der Waals surface area contributed by atoms with Crippen LogP contribution < -0.4 is 0 Å². The zero-order chi connectivity index (χ0) is 9.84. The molecule has 1 aromatic carbocycles. The van der Waals surface area contributed by atoms with Crippen LogP contribution in [0.3, 0.4) is 0 Å². The van der Waals surface area contributed by atoms with E-state index in [1.807, 2.05) is 0 Å².